The van der Waals surface area contributed by atoms with Crippen molar-refractivity contribution in [2.75, 3.05) is 6.54 Å². The third-order valence-corrected chi connectivity index (χ3v) is 4.57. The first-order valence-corrected chi connectivity index (χ1v) is 8.47. The summed E-state index contributed by atoms with van der Waals surface area (Å²) in [6.45, 7) is 2.16. The van der Waals surface area contributed by atoms with Gasteiger partial charge >= 0.3 is 0 Å². The molecule has 2 aromatic heterocycles. The van der Waals surface area contributed by atoms with E-state index < -0.39 is 0 Å². The summed E-state index contributed by atoms with van der Waals surface area (Å²) in [5.41, 5.74) is 4.11. The van der Waals surface area contributed by atoms with Crippen LogP contribution >= 0.6 is 0 Å². The van der Waals surface area contributed by atoms with Crippen LogP contribution in [0.5, 0.6) is 0 Å². The number of nitrogens with one attached hydrogen (secondary N) is 1. The van der Waals surface area contributed by atoms with E-state index in [0.29, 0.717) is 17.9 Å². The van der Waals surface area contributed by atoms with Crippen molar-refractivity contribution in [1.82, 2.24) is 19.9 Å². The molecule has 0 atom stereocenters. The molecule has 6 heteroatoms. The topological polar surface area (TPSA) is 85.7 Å². The molecule has 3 aromatic rings. The van der Waals surface area contributed by atoms with E-state index in [4.69, 9.17) is 5.26 Å². The highest BCUT2D eigenvalue weighted by molar-refractivity contribution is 5.53. The van der Waals surface area contributed by atoms with Gasteiger partial charge in [0.1, 0.15) is 5.82 Å². The fourth-order valence-corrected chi connectivity index (χ4v) is 3.20. The van der Waals surface area contributed by atoms with Gasteiger partial charge < -0.3 is 4.98 Å². The Morgan fingerprint density at radius 2 is 2.08 bits per heavy atom. The average Bonchev–Trinajstić information content (AvgIpc) is 2.69. The molecule has 0 radical (unpaired) electrons. The largest absolute Gasteiger partial charge is 0.306 e. The van der Waals surface area contributed by atoms with Crippen molar-refractivity contribution in [3.8, 4) is 17.5 Å². The minimum Gasteiger partial charge on any atom is -0.306 e. The number of aromatic amines is 1. The van der Waals surface area contributed by atoms with Gasteiger partial charge in [0.15, 0.2) is 0 Å². The lowest BCUT2D eigenvalue weighted by Crippen LogP contribution is -2.35. The van der Waals surface area contributed by atoms with Gasteiger partial charge in [-0.1, -0.05) is 12.1 Å². The van der Waals surface area contributed by atoms with E-state index in [1.165, 1.54) is 0 Å². The summed E-state index contributed by atoms with van der Waals surface area (Å²) >= 11 is 0. The van der Waals surface area contributed by atoms with Gasteiger partial charge in [-0.25, -0.2) is 4.98 Å². The van der Waals surface area contributed by atoms with E-state index in [0.717, 1.165) is 41.9 Å². The fraction of sp³-hybridized carbons (Fsp3) is 0.200. The first kappa shape index (κ1) is 16.2. The molecule has 0 saturated carbocycles. The van der Waals surface area contributed by atoms with Gasteiger partial charge in [0, 0.05) is 44.0 Å². The molecular formula is C20H17N5O. The van der Waals surface area contributed by atoms with E-state index in [2.05, 4.69) is 25.9 Å². The van der Waals surface area contributed by atoms with Crippen molar-refractivity contribution in [1.29, 1.82) is 5.26 Å². The first-order chi connectivity index (χ1) is 12.7. The molecule has 1 aliphatic heterocycles. The molecule has 4 rings (SSSR count). The van der Waals surface area contributed by atoms with E-state index in [1.54, 1.807) is 12.4 Å². The van der Waals surface area contributed by atoms with Crippen molar-refractivity contribution in [2.24, 2.45) is 0 Å². The normalized spacial score (nSPS) is 13.8. The smallest absolute Gasteiger partial charge is 0.255 e. The van der Waals surface area contributed by atoms with Crippen molar-refractivity contribution < 1.29 is 0 Å². The fourth-order valence-electron chi connectivity index (χ4n) is 3.20. The number of H-pyrrole nitrogens is 1. The van der Waals surface area contributed by atoms with Crippen LogP contribution in [0.4, 0.5) is 0 Å². The van der Waals surface area contributed by atoms with E-state index >= 15 is 0 Å². The van der Waals surface area contributed by atoms with Gasteiger partial charge in [0.2, 0.25) is 0 Å². The zero-order chi connectivity index (χ0) is 17.9. The van der Waals surface area contributed by atoms with Gasteiger partial charge in [-0.05, 0) is 29.8 Å². The zero-order valence-corrected chi connectivity index (χ0v) is 14.1. The summed E-state index contributed by atoms with van der Waals surface area (Å²) in [5, 5.41) is 8.88. The second-order valence-electron chi connectivity index (χ2n) is 6.35. The quantitative estimate of drug-likeness (QED) is 0.788. The standard InChI is InChI=1S/C20H17N5O/c21-10-14-3-5-15(6-4-14)12-25-9-7-18-17(13-25)20(26)24-19(23-18)16-2-1-8-22-11-16/h1-6,8,11H,7,9,12-13H2,(H,23,24,26). The molecule has 26 heavy (non-hydrogen) atoms. The summed E-state index contributed by atoms with van der Waals surface area (Å²) in [5.74, 6) is 0.572. The molecule has 0 fully saturated rings. The van der Waals surface area contributed by atoms with Crippen molar-refractivity contribution in [3.63, 3.8) is 0 Å². The van der Waals surface area contributed by atoms with Crippen LogP contribution in [0, 0.1) is 11.3 Å². The Kier molecular flexibility index (Phi) is 4.30. The molecule has 0 aliphatic carbocycles. The average molecular weight is 343 g/mol. The third-order valence-electron chi connectivity index (χ3n) is 4.57. The second kappa shape index (κ2) is 6.90. The summed E-state index contributed by atoms with van der Waals surface area (Å²) < 4.78 is 0. The summed E-state index contributed by atoms with van der Waals surface area (Å²) in [6.07, 6.45) is 4.13. The van der Waals surface area contributed by atoms with E-state index in [1.807, 2.05) is 36.4 Å². The molecular weight excluding hydrogens is 326 g/mol. The van der Waals surface area contributed by atoms with Gasteiger partial charge in [-0.15, -0.1) is 0 Å². The first-order valence-electron chi connectivity index (χ1n) is 8.47. The lowest BCUT2D eigenvalue weighted by atomic mass is 10.1. The number of benzene rings is 1. The molecule has 3 heterocycles. The lowest BCUT2D eigenvalue weighted by Gasteiger charge is -2.27. The minimum absolute atomic E-state index is 0.0848. The zero-order valence-electron chi connectivity index (χ0n) is 14.1. The van der Waals surface area contributed by atoms with Crippen LogP contribution in [0.15, 0.2) is 53.6 Å². The molecule has 1 aliphatic rings. The molecule has 128 valence electrons. The Balaban J connectivity index is 1.55. The van der Waals surface area contributed by atoms with Gasteiger partial charge in [-0.3, -0.25) is 14.7 Å². The number of fused-ring (bicyclic) bond motifs is 1. The monoisotopic (exact) mass is 343 g/mol. The molecule has 0 unspecified atom stereocenters. The maximum absolute atomic E-state index is 12.6. The van der Waals surface area contributed by atoms with Gasteiger partial charge in [0.25, 0.3) is 5.56 Å². The summed E-state index contributed by atoms with van der Waals surface area (Å²) in [4.78, 5) is 26.4. The van der Waals surface area contributed by atoms with Crippen LogP contribution in [0.1, 0.15) is 22.4 Å². The summed E-state index contributed by atoms with van der Waals surface area (Å²) in [7, 11) is 0. The van der Waals surface area contributed by atoms with Crippen molar-refractivity contribution >= 4 is 0 Å². The summed E-state index contributed by atoms with van der Waals surface area (Å²) in [6, 6.07) is 13.4. The highest BCUT2D eigenvalue weighted by atomic mass is 16.1. The number of pyridine rings is 1. The van der Waals surface area contributed by atoms with Crippen LogP contribution in [-0.2, 0) is 19.5 Å². The Morgan fingerprint density at radius 1 is 1.23 bits per heavy atom. The van der Waals surface area contributed by atoms with E-state index in [-0.39, 0.29) is 5.56 Å². The molecule has 0 spiro atoms. The molecule has 1 N–H and O–H groups in total. The number of nitrogens with zero attached hydrogens (tertiary/aromatic N) is 4. The molecule has 0 saturated heterocycles. The van der Waals surface area contributed by atoms with E-state index in [9.17, 15) is 4.79 Å². The van der Waals surface area contributed by atoms with Gasteiger partial charge in [0.05, 0.1) is 22.9 Å². The van der Waals surface area contributed by atoms with Crippen molar-refractivity contribution in [3.05, 3.63) is 81.5 Å². The van der Waals surface area contributed by atoms with Crippen LogP contribution in [0.2, 0.25) is 0 Å². The number of nitriles is 1. The van der Waals surface area contributed by atoms with Crippen LogP contribution in [-0.4, -0.2) is 26.4 Å². The maximum Gasteiger partial charge on any atom is 0.255 e. The number of aromatic nitrogens is 3. The van der Waals surface area contributed by atoms with Crippen LogP contribution in [0.3, 0.4) is 0 Å². The molecule has 0 bridgehead atoms. The predicted molar refractivity (Wildman–Crippen MR) is 97.1 cm³/mol. The van der Waals surface area contributed by atoms with Crippen LogP contribution in [0.25, 0.3) is 11.4 Å². The molecule has 0 amide bonds. The minimum atomic E-state index is -0.0848. The number of rotatable bonds is 3. The highest BCUT2D eigenvalue weighted by Gasteiger charge is 2.21. The Morgan fingerprint density at radius 3 is 2.81 bits per heavy atom. The lowest BCUT2D eigenvalue weighted by molar-refractivity contribution is 0.242. The predicted octanol–water partition coefficient (Wildman–Crippen LogP) is 2.26. The maximum atomic E-state index is 12.6. The molecule has 6 nitrogen and oxygen atoms in total. The molecule has 1 aromatic carbocycles. The number of hydrogen-bond donors (Lipinski definition) is 1. The Labute approximate surface area is 150 Å². The third kappa shape index (κ3) is 3.25. The van der Waals surface area contributed by atoms with Gasteiger partial charge in [-0.2, -0.15) is 5.26 Å². The number of hydrogen-bond acceptors (Lipinski definition) is 5. The second-order valence-corrected chi connectivity index (χ2v) is 6.35. The Bertz CT molecular complexity index is 1020. The van der Waals surface area contributed by atoms with Crippen LogP contribution < -0.4 is 5.56 Å². The Hall–Kier alpha value is -3.30. The SMILES string of the molecule is N#Cc1ccc(CN2CCc3nc(-c4cccnc4)[nH]c(=O)c3C2)cc1. The highest BCUT2D eigenvalue weighted by Crippen LogP contribution is 2.19. The van der Waals surface area contributed by atoms with Crippen molar-refractivity contribution in [2.45, 2.75) is 19.5 Å².